The van der Waals surface area contributed by atoms with Crippen LogP contribution in [0.1, 0.15) is 74.1 Å². The first-order chi connectivity index (χ1) is 16.6. The number of anilines is 1. The largest absolute Gasteiger partial charge is 0.329 e. The molecular formula is C29H38N4O2. The van der Waals surface area contributed by atoms with E-state index in [0.717, 1.165) is 41.8 Å². The van der Waals surface area contributed by atoms with Gasteiger partial charge in [0.1, 0.15) is 12.4 Å². The number of nitrogens with zero attached hydrogens (tertiary/aromatic N) is 3. The number of aromatic nitrogens is 2. The molecular weight excluding hydrogens is 436 g/mol. The maximum Gasteiger partial charge on any atom is 0.254 e. The quantitative estimate of drug-likeness (QED) is 0.384. The average molecular weight is 475 g/mol. The summed E-state index contributed by atoms with van der Waals surface area (Å²) in [5.41, 5.74) is 4.24. The van der Waals surface area contributed by atoms with E-state index in [1.54, 1.807) is 9.58 Å². The molecule has 3 aromatic rings. The van der Waals surface area contributed by atoms with Gasteiger partial charge in [0.25, 0.3) is 5.91 Å². The monoisotopic (exact) mass is 474 g/mol. The Balaban J connectivity index is 1.86. The Morgan fingerprint density at radius 1 is 1.00 bits per heavy atom. The van der Waals surface area contributed by atoms with Crippen LogP contribution in [0.25, 0.3) is 5.69 Å². The summed E-state index contributed by atoms with van der Waals surface area (Å²) in [4.78, 5) is 28.2. The molecule has 0 spiro atoms. The zero-order chi connectivity index (χ0) is 25.6. The molecule has 2 amide bonds. The van der Waals surface area contributed by atoms with E-state index < -0.39 is 0 Å². The lowest BCUT2D eigenvalue weighted by atomic mass is 9.92. The van der Waals surface area contributed by atoms with E-state index in [2.05, 4.69) is 33.0 Å². The van der Waals surface area contributed by atoms with Gasteiger partial charge in [-0.05, 0) is 49.6 Å². The maximum atomic E-state index is 13.3. The second kappa shape index (κ2) is 11.3. The van der Waals surface area contributed by atoms with Gasteiger partial charge in [-0.15, -0.1) is 0 Å². The average Bonchev–Trinajstić information content (AvgIpc) is 3.23. The van der Waals surface area contributed by atoms with E-state index in [4.69, 9.17) is 5.10 Å². The summed E-state index contributed by atoms with van der Waals surface area (Å²) in [6.45, 7) is 12.9. The smallest absolute Gasteiger partial charge is 0.254 e. The van der Waals surface area contributed by atoms with Gasteiger partial charge in [0, 0.05) is 23.6 Å². The molecule has 186 valence electrons. The van der Waals surface area contributed by atoms with Crippen molar-refractivity contribution in [1.29, 1.82) is 0 Å². The Bertz CT molecular complexity index is 1170. The molecule has 6 nitrogen and oxygen atoms in total. The molecule has 0 aliphatic carbocycles. The number of aryl methyl sites for hydroxylation is 2. The summed E-state index contributed by atoms with van der Waals surface area (Å²) in [7, 11) is 0. The van der Waals surface area contributed by atoms with Crippen molar-refractivity contribution in [1.82, 2.24) is 14.7 Å². The van der Waals surface area contributed by atoms with Crippen LogP contribution in [0.2, 0.25) is 0 Å². The molecule has 0 unspecified atom stereocenters. The van der Waals surface area contributed by atoms with Gasteiger partial charge in [-0.25, -0.2) is 4.68 Å². The lowest BCUT2D eigenvalue weighted by Gasteiger charge is -2.23. The van der Waals surface area contributed by atoms with E-state index in [0.29, 0.717) is 17.9 Å². The minimum Gasteiger partial charge on any atom is -0.329 e. The Labute approximate surface area is 209 Å². The number of rotatable bonds is 9. The molecule has 0 aliphatic rings. The molecule has 1 N–H and O–H groups in total. The Kier molecular flexibility index (Phi) is 8.49. The zero-order valence-electron chi connectivity index (χ0n) is 21.9. The first kappa shape index (κ1) is 26.2. The molecule has 1 heterocycles. The SMILES string of the molecule is CCCCCN(CC(=O)Nc1cc(C(C)(C)C)nn1-c1cccc(C)c1)C(=O)c1ccccc1C. The minimum absolute atomic E-state index is 0.0132. The zero-order valence-corrected chi connectivity index (χ0v) is 21.9. The third-order valence-corrected chi connectivity index (χ3v) is 6.02. The molecule has 6 heteroatoms. The van der Waals surface area contributed by atoms with Crippen molar-refractivity contribution in [2.75, 3.05) is 18.4 Å². The van der Waals surface area contributed by atoms with E-state index in [1.807, 2.05) is 68.4 Å². The normalized spacial score (nSPS) is 11.4. The summed E-state index contributed by atoms with van der Waals surface area (Å²) in [5.74, 6) is 0.247. The number of carbonyl (C=O) groups excluding carboxylic acids is 2. The molecule has 0 radical (unpaired) electrons. The second-order valence-corrected chi connectivity index (χ2v) is 10.2. The van der Waals surface area contributed by atoms with E-state index >= 15 is 0 Å². The van der Waals surface area contributed by atoms with Crippen LogP contribution in [-0.4, -0.2) is 39.6 Å². The van der Waals surface area contributed by atoms with E-state index in [-0.39, 0.29) is 23.8 Å². The maximum absolute atomic E-state index is 13.3. The molecule has 2 aromatic carbocycles. The first-order valence-electron chi connectivity index (χ1n) is 12.4. The fraction of sp³-hybridized carbons (Fsp3) is 0.414. The van der Waals surface area contributed by atoms with Crippen molar-refractivity contribution in [2.45, 2.75) is 66.2 Å². The standard InChI is InChI=1S/C29H38N4O2/c1-7-8-11-17-32(28(35)24-16-10-9-14-22(24)3)20-27(34)30-26-19-25(29(4,5)6)31-33(26)23-15-12-13-21(2)18-23/h9-10,12-16,18-19H,7-8,11,17,20H2,1-6H3,(H,30,34). The number of carbonyl (C=O) groups is 2. The number of nitrogens with one attached hydrogen (secondary N) is 1. The molecule has 1 aromatic heterocycles. The van der Waals surface area contributed by atoms with Crippen LogP contribution in [0.15, 0.2) is 54.6 Å². The van der Waals surface area contributed by atoms with Gasteiger partial charge >= 0.3 is 0 Å². The molecule has 3 rings (SSSR count). The van der Waals surface area contributed by atoms with Gasteiger partial charge in [-0.2, -0.15) is 5.10 Å². The molecule has 0 fully saturated rings. The van der Waals surface area contributed by atoms with Gasteiger partial charge in [0.15, 0.2) is 0 Å². The number of hydrogen-bond donors (Lipinski definition) is 1. The van der Waals surface area contributed by atoms with Crippen LogP contribution in [0.4, 0.5) is 5.82 Å². The number of amides is 2. The number of unbranched alkanes of at least 4 members (excludes halogenated alkanes) is 2. The molecule has 0 bridgehead atoms. The predicted octanol–water partition coefficient (Wildman–Crippen LogP) is 6.06. The van der Waals surface area contributed by atoms with Crippen molar-refractivity contribution in [3.05, 3.63) is 77.0 Å². The summed E-state index contributed by atoms with van der Waals surface area (Å²) < 4.78 is 1.77. The molecule has 0 saturated heterocycles. The summed E-state index contributed by atoms with van der Waals surface area (Å²) in [6, 6.07) is 17.5. The third-order valence-electron chi connectivity index (χ3n) is 6.02. The van der Waals surface area contributed by atoms with Crippen molar-refractivity contribution < 1.29 is 9.59 Å². The van der Waals surface area contributed by atoms with Gasteiger partial charge in [-0.1, -0.05) is 70.9 Å². The Morgan fingerprint density at radius 3 is 2.40 bits per heavy atom. The van der Waals surface area contributed by atoms with Crippen LogP contribution in [-0.2, 0) is 10.2 Å². The molecule has 0 atom stereocenters. The van der Waals surface area contributed by atoms with Gasteiger partial charge in [0.2, 0.25) is 5.91 Å². The van der Waals surface area contributed by atoms with E-state index in [9.17, 15) is 9.59 Å². The van der Waals surface area contributed by atoms with E-state index in [1.165, 1.54) is 0 Å². The fourth-order valence-electron chi connectivity index (χ4n) is 3.94. The highest BCUT2D eigenvalue weighted by atomic mass is 16.2. The van der Waals surface area contributed by atoms with Gasteiger partial charge in [0.05, 0.1) is 11.4 Å². The van der Waals surface area contributed by atoms with Crippen molar-refractivity contribution in [3.8, 4) is 5.69 Å². The highest BCUT2D eigenvalue weighted by Crippen LogP contribution is 2.26. The van der Waals surface area contributed by atoms with Crippen molar-refractivity contribution in [3.63, 3.8) is 0 Å². The highest BCUT2D eigenvalue weighted by molar-refractivity contribution is 6.00. The Hall–Kier alpha value is -3.41. The van der Waals surface area contributed by atoms with Gasteiger partial charge in [-0.3, -0.25) is 9.59 Å². The lowest BCUT2D eigenvalue weighted by molar-refractivity contribution is -0.117. The molecule has 0 saturated carbocycles. The summed E-state index contributed by atoms with van der Waals surface area (Å²) >= 11 is 0. The summed E-state index contributed by atoms with van der Waals surface area (Å²) in [5, 5.41) is 7.83. The van der Waals surface area contributed by atoms with Crippen molar-refractivity contribution in [2.24, 2.45) is 0 Å². The molecule has 0 aliphatic heterocycles. The minimum atomic E-state index is -0.238. The summed E-state index contributed by atoms with van der Waals surface area (Å²) in [6.07, 6.45) is 2.91. The topological polar surface area (TPSA) is 67.2 Å². The first-order valence-corrected chi connectivity index (χ1v) is 12.4. The van der Waals surface area contributed by atoms with Crippen LogP contribution < -0.4 is 5.32 Å². The second-order valence-electron chi connectivity index (χ2n) is 10.2. The molecule has 35 heavy (non-hydrogen) atoms. The predicted molar refractivity (Wildman–Crippen MR) is 142 cm³/mol. The highest BCUT2D eigenvalue weighted by Gasteiger charge is 2.24. The lowest BCUT2D eigenvalue weighted by Crippen LogP contribution is -2.39. The van der Waals surface area contributed by atoms with Crippen LogP contribution >= 0.6 is 0 Å². The van der Waals surface area contributed by atoms with Gasteiger partial charge < -0.3 is 10.2 Å². The number of benzene rings is 2. The fourth-order valence-corrected chi connectivity index (χ4v) is 3.94. The van der Waals surface area contributed by atoms with Crippen molar-refractivity contribution >= 4 is 17.6 Å². The van der Waals surface area contributed by atoms with Crippen LogP contribution in [0.5, 0.6) is 0 Å². The van der Waals surface area contributed by atoms with Crippen LogP contribution in [0.3, 0.4) is 0 Å². The van der Waals surface area contributed by atoms with Crippen LogP contribution in [0, 0.1) is 13.8 Å². The number of hydrogen-bond acceptors (Lipinski definition) is 3. The third kappa shape index (κ3) is 6.81. The Morgan fingerprint density at radius 2 is 1.74 bits per heavy atom.